The van der Waals surface area contributed by atoms with Crippen molar-refractivity contribution in [2.75, 3.05) is 0 Å². The Balaban J connectivity index is 2.06. The topological polar surface area (TPSA) is 227 Å². The Hall–Kier alpha value is -6.26. The normalized spacial score (nSPS) is 30.0. The first-order valence-electron chi connectivity index (χ1n) is 18.7. The number of carbonyl (C=O) groups is 8. The number of ketones is 1. The van der Waals surface area contributed by atoms with E-state index in [0.717, 1.165) is 34.6 Å². The molecule has 0 bridgehead atoms. The summed E-state index contributed by atoms with van der Waals surface area (Å²) in [5.74, 6) is -10.1. The van der Waals surface area contributed by atoms with Crippen LogP contribution in [0.1, 0.15) is 95.4 Å². The minimum Gasteiger partial charge on any atom is -0.458 e. The lowest BCUT2D eigenvalue weighted by molar-refractivity contribution is -0.187. The van der Waals surface area contributed by atoms with Gasteiger partial charge < -0.3 is 33.2 Å². The number of esters is 7. The highest BCUT2D eigenvalue weighted by atomic mass is 16.6. The Morgan fingerprint density at radius 1 is 0.712 bits per heavy atom. The van der Waals surface area contributed by atoms with E-state index in [1.165, 1.54) is 82.0 Å². The van der Waals surface area contributed by atoms with E-state index in [9.17, 15) is 33.6 Å². The summed E-state index contributed by atoms with van der Waals surface area (Å²) in [6.07, 6.45) is 0.330. The largest absolute Gasteiger partial charge is 0.458 e. The van der Waals surface area contributed by atoms with Crippen molar-refractivity contribution in [3.8, 4) is 0 Å². The summed E-state index contributed by atoms with van der Waals surface area (Å²) in [5, 5.41) is 0. The molecule has 9 atom stereocenters. The molecule has 1 saturated carbocycles. The SMILES string of the molecule is C=C1[C@H](OC(C)=O)C[C@@H](OC(=O)c2cccnc2)[C@](C)(OC(C)=O)C/C=C\[C@@H](C)C(=O)[C@@]2(OC(C)=O)C[C@@](C)(OC(=O)c3cccnc3)[C@H](OC(C)=O)[C@@H]2[C@H]1OC(C)=O. The van der Waals surface area contributed by atoms with Crippen LogP contribution in [0.3, 0.4) is 0 Å². The number of Topliss-reactive ketones (excluding diaryl/α,β-unsaturated/α-hetero) is 1. The third kappa shape index (κ3) is 10.6. The predicted molar refractivity (Wildman–Crippen MR) is 203 cm³/mol. The average molecular weight is 821 g/mol. The maximum absolute atomic E-state index is 15.1. The van der Waals surface area contributed by atoms with Crippen LogP contribution in [0.15, 0.2) is 73.4 Å². The van der Waals surface area contributed by atoms with E-state index in [-0.39, 0.29) is 23.1 Å². The van der Waals surface area contributed by atoms with E-state index in [1.54, 1.807) is 0 Å². The first kappa shape index (κ1) is 45.4. The summed E-state index contributed by atoms with van der Waals surface area (Å²) < 4.78 is 41.5. The predicted octanol–water partition coefficient (Wildman–Crippen LogP) is 4.17. The van der Waals surface area contributed by atoms with Gasteiger partial charge in [-0.05, 0) is 38.1 Å². The summed E-state index contributed by atoms with van der Waals surface area (Å²) in [6, 6.07) is 5.83. The number of rotatable bonds is 9. The van der Waals surface area contributed by atoms with Crippen LogP contribution in [-0.4, -0.2) is 98.8 Å². The molecule has 0 aromatic carbocycles. The number of aromatic nitrogens is 2. The third-order valence-electron chi connectivity index (χ3n) is 10.0. The smallest absolute Gasteiger partial charge is 0.340 e. The Morgan fingerprint density at radius 3 is 1.78 bits per heavy atom. The Kier molecular flexibility index (Phi) is 14.3. The highest BCUT2D eigenvalue weighted by Crippen LogP contribution is 2.54. The summed E-state index contributed by atoms with van der Waals surface area (Å²) in [4.78, 5) is 115. The molecule has 0 unspecified atom stereocenters. The number of pyridine rings is 2. The van der Waals surface area contributed by atoms with Crippen molar-refractivity contribution in [2.45, 2.75) is 116 Å². The molecule has 2 aromatic rings. The summed E-state index contributed by atoms with van der Waals surface area (Å²) >= 11 is 0. The molecular formula is C42H48N2O15. The van der Waals surface area contributed by atoms with E-state index in [0.29, 0.717) is 0 Å². The molecule has 2 heterocycles. The van der Waals surface area contributed by atoms with Gasteiger partial charge in [-0.1, -0.05) is 25.7 Å². The molecule has 0 aliphatic heterocycles. The third-order valence-corrected chi connectivity index (χ3v) is 10.0. The molecular weight excluding hydrogens is 772 g/mol. The van der Waals surface area contributed by atoms with Crippen LogP contribution in [0, 0.1) is 11.8 Å². The van der Waals surface area contributed by atoms with Crippen LogP contribution < -0.4 is 0 Å². The maximum atomic E-state index is 15.1. The van der Waals surface area contributed by atoms with Crippen LogP contribution in [0.25, 0.3) is 0 Å². The Morgan fingerprint density at radius 2 is 1.27 bits per heavy atom. The number of nitrogens with zero attached hydrogens (tertiary/aromatic N) is 2. The second kappa shape index (κ2) is 18.6. The molecule has 0 radical (unpaired) electrons. The lowest BCUT2D eigenvalue weighted by Crippen LogP contribution is -2.57. The van der Waals surface area contributed by atoms with E-state index in [1.807, 2.05) is 0 Å². The molecule has 0 N–H and O–H groups in total. The van der Waals surface area contributed by atoms with E-state index >= 15 is 4.79 Å². The minimum absolute atomic E-state index is 0.0137. The van der Waals surface area contributed by atoms with Crippen molar-refractivity contribution < 1.29 is 71.5 Å². The standard InChI is InChI=1S/C42H48N2O15/c1-23-13-10-16-40(8,57-28(6)48)33(56-38(51)30-14-11-17-43-20-30)19-32(53-25(3)45)24(2)35(54-26(4)46)34-37(55-27(5)47)41(9,22-42(34,36(23)50)58-29(7)49)59-39(52)31-15-12-18-44-21-31/h10-15,17-18,20-21,23,32-35,37H,2,16,19,22H2,1,3-9H3/b13-10-/t23-,32-,33-,34+,35+,37-,40-,41-,42-/m1/s1. The number of hydrogen-bond acceptors (Lipinski definition) is 17. The summed E-state index contributed by atoms with van der Waals surface area (Å²) in [5.41, 5.74) is -6.38. The van der Waals surface area contributed by atoms with Gasteiger partial charge in [0.25, 0.3) is 0 Å². The van der Waals surface area contributed by atoms with Crippen LogP contribution in [0.4, 0.5) is 0 Å². The van der Waals surface area contributed by atoms with Gasteiger partial charge >= 0.3 is 41.8 Å². The minimum atomic E-state index is -2.41. The first-order valence-corrected chi connectivity index (χ1v) is 18.7. The fourth-order valence-corrected chi connectivity index (χ4v) is 7.72. The number of ether oxygens (including phenoxy) is 7. The number of allylic oxidation sites excluding steroid dienone is 1. The molecule has 316 valence electrons. The summed E-state index contributed by atoms with van der Waals surface area (Å²) in [7, 11) is 0. The number of fused-ring (bicyclic) bond motifs is 1. The lowest BCUT2D eigenvalue weighted by Gasteiger charge is -2.42. The molecule has 4 rings (SSSR count). The number of carbonyl (C=O) groups excluding carboxylic acids is 8. The molecule has 0 spiro atoms. The molecule has 59 heavy (non-hydrogen) atoms. The second-order valence-corrected chi connectivity index (χ2v) is 14.9. The maximum Gasteiger partial charge on any atom is 0.340 e. The Bertz CT molecular complexity index is 2000. The average Bonchev–Trinajstić information content (AvgIpc) is 3.37. The van der Waals surface area contributed by atoms with E-state index < -0.39 is 113 Å². The van der Waals surface area contributed by atoms with Gasteiger partial charge in [-0.3, -0.25) is 38.7 Å². The van der Waals surface area contributed by atoms with Gasteiger partial charge in [0.15, 0.2) is 23.1 Å². The molecule has 17 nitrogen and oxygen atoms in total. The fourth-order valence-electron chi connectivity index (χ4n) is 7.72. The van der Waals surface area contributed by atoms with Crippen molar-refractivity contribution in [3.05, 3.63) is 84.5 Å². The quantitative estimate of drug-likeness (QED) is 0.196. The van der Waals surface area contributed by atoms with Crippen molar-refractivity contribution in [1.82, 2.24) is 9.97 Å². The van der Waals surface area contributed by atoms with Gasteiger partial charge in [0, 0.05) is 90.2 Å². The number of hydrogen-bond donors (Lipinski definition) is 0. The van der Waals surface area contributed by atoms with Gasteiger partial charge in [-0.2, -0.15) is 0 Å². The molecule has 0 saturated heterocycles. The van der Waals surface area contributed by atoms with Gasteiger partial charge in [-0.25, -0.2) is 9.59 Å². The van der Waals surface area contributed by atoms with E-state index in [2.05, 4.69) is 16.5 Å². The summed E-state index contributed by atoms with van der Waals surface area (Å²) in [6.45, 7) is 13.8. The van der Waals surface area contributed by atoms with Crippen LogP contribution >= 0.6 is 0 Å². The van der Waals surface area contributed by atoms with Crippen LogP contribution in [-0.2, 0) is 61.9 Å². The molecule has 1 fully saturated rings. The zero-order chi connectivity index (χ0) is 43.9. The van der Waals surface area contributed by atoms with Crippen molar-refractivity contribution in [2.24, 2.45) is 11.8 Å². The van der Waals surface area contributed by atoms with Crippen LogP contribution in [0.2, 0.25) is 0 Å². The highest BCUT2D eigenvalue weighted by molar-refractivity contribution is 5.94. The first-order chi connectivity index (χ1) is 27.6. The zero-order valence-electron chi connectivity index (χ0n) is 34.1. The van der Waals surface area contributed by atoms with Gasteiger partial charge in [-0.15, -0.1) is 0 Å². The molecule has 17 heteroatoms. The van der Waals surface area contributed by atoms with Crippen molar-refractivity contribution in [1.29, 1.82) is 0 Å². The van der Waals surface area contributed by atoms with Crippen LogP contribution in [0.5, 0.6) is 0 Å². The highest BCUT2D eigenvalue weighted by Gasteiger charge is 2.72. The van der Waals surface area contributed by atoms with Gasteiger partial charge in [0.2, 0.25) is 0 Å². The molecule has 2 aliphatic carbocycles. The molecule has 2 aliphatic rings. The van der Waals surface area contributed by atoms with Gasteiger partial charge in [0.1, 0.15) is 23.9 Å². The lowest BCUT2D eigenvalue weighted by atomic mass is 9.75. The van der Waals surface area contributed by atoms with Gasteiger partial charge in [0.05, 0.1) is 17.0 Å². The van der Waals surface area contributed by atoms with E-state index in [4.69, 9.17) is 33.2 Å². The molecule has 0 amide bonds. The zero-order valence-corrected chi connectivity index (χ0v) is 34.1. The van der Waals surface area contributed by atoms with Crippen molar-refractivity contribution >= 4 is 47.6 Å². The monoisotopic (exact) mass is 820 g/mol. The second-order valence-electron chi connectivity index (χ2n) is 14.9. The fraction of sp³-hybridized carbons (Fsp3) is 0.476. The Labute approximate surface area is 340 Å². The van der Waals surface area contributed by atoms with Crippen molar-refractivity contribution in [3.63, 3.8) is 0 Å². The molecule has 2 aromatic heterocycles.